The number of thioether (sulfide) groups is 1. The van der Waals surface area contributed by atoms with Crippen LogP contribution in [0.2, 0.25) is 0 Å². The van der Waals surface area contributed by atoms with Gasteiger partial charge in [-0.25, -0.2) is 4.98 Å². The van der Waals surface area contributed by atoms with E-state index in [1.807, 2.05) is 12.3 Å². The minimum atomic E-state index is -0.203. The maximum Gasteiger partial charge on any atom is 0.255 e. The van der Waals surface area contributed by atoms with Gasteiger partial charge in [-0.1, -0.05) is 0 Å². The molecule has 106 valence electrons. The van der Waals surface area contributed by atoms with Crippen molar-refractivity contribution in [2.45, 2.75) is 5.03 Å². The molecule has 0 spiro atoms. The molecule has 1 aromatic carbocycles. The van der Waals surface area contributed by atoms with Gasteiger partial charge in [-0.3, -0.25) is 9.89 Å². The number of nitrogens with zero attached hydrogens (tertiary/aromatic N) is 2. The predicted octanol–water partition coefficient (Wildman–Crippen LogP) is 2.51. The highest BCUT2D eigenvalue weighted by Crippen LogP contribution is 2.24. The van der Waals surface area contributed by atoms with Crippen molar-refractivity contribution in [1.29, 1.82) is 0 Å². The van der Waals surface area contributed by atoms with E-state index in [9.17, 15) is 4.79 Å². The second kappa shape index (κ2) is 5.45. The van der Waals surface area contributed by atoms with Crippen LogP contribution < -0.4 is 11.1 Å². The lowest BCUT2D eigenvalue weighted by Crippen LogP contribution is -2.12. The molecule has 3 aromatic rings. The number of carbonyl (C=O) groups excluding carboxylic acids is 1. The van der Waals surface area contributed by atoms with E-state index >= 15 is 0 Å². The summed E-state index contributed by atoms with van der Waals surface area (Å²) in [5.41, 5.74) is 8.10. The van der Waals surface area contributed by atoms with Crippen LogP contribution in [-0.2, 0) is 0 Å². The van der Waals surface area contributed by atoms with Crippen LogP contribution in [0.15, 0.2) is 41.6 Å². The molecule has 0 aliphatic heterocycles. The number of pyridine rings is 1. The molecule has 0 aliphatic rings. The third-order valence-corrected chi connectivity index (χ3v) is 3.70. The number of nitrogens with two attached hydrogens (primary N) is 1. The summed E-state index contributed by atoms with van der Waals surface area (Å²) in [6.45, 7) is 0. The van der Waals surface area contributed by atoms with Crippen LogP contribution in [0, 0.1) is 0 Å². The highest BCUT2D eigenvalue weighted by molar-refractivity contribution is 7.98. The summed E-state index contributed by atoms with van der Waals surface area (Å²) in [5.74, 6) is -0.203. The van der Waals surface area contributed by atoms with Gasteiger partial charge in [-0.2, -0.15) is 5.10 Å². The number of hydrogen-bond acceptors (Lipinski definition) is 5. The minimum Gasteiger partial charge on any atom is -0.399 e. The highest BCUT2D eigenvalue weighted by Gasteiger charge is 2.10. The number of anilines is 2. The molecule has 2 heterocycles. The normalized spacial score (nSPS) is 10.7. The third-order valence-electron chi connectivity index (χ3n) is 3.01. The minimum absolute atomic E-state index is 0.203. The molecule has 6 nitrogen and oxygen atoms in total. The Balaban J connectivity index is 1.87. The zero-order chi connectivity index (χ0) is 14.8. The van der Waals surface area contributed by atoms with Gasteiger partial charge in [0.15, 0.2) is 5.65 Å². The Morgan fingerprint density at radius 3 is 2.81 bits per heavy atom. The number of carbonyl (C=O) groups is 1. The standard InChI is InChI=1S/C14H13N5OS/c1-21-14-11-6-10(7-16-12(11)18-19-14)17-13(20)8-2-4-9(15)5-3-8/h2-7H,15H2,1H3,(H,17,20)(H,16,18,19). The zero-order valence-corrected chi connectivity index (χ0v) is 12.1. The first-order valence-electron chi connectivity index (χ1n) is 6.22. The van der Waals surface area contributed by atoms with Crippen molar-refractivity contribution >= 4 is 40.1 Å². The van der Waals surface area contributed by atoms with Crippen molar-refractivity contribution in [3.05, 3.63) is 42.1 Å². The van der Waals surface area contributed by atoms with Gasteiger partial charge in [-0.15, -0.1) is 11.8 Å². The van der Waals surface area contributed by atoms with Gasteiger partial charge in [0.2, 0.25) is 0 Å². The Morgan fingerprint density at radius 2 is 2.10 bits per heavy atom. The molecule has 0 unspecified atom stereocenters. The summed E-state index contributed by atoms with van der Waals surface area (Å²) in [5, 5.41) is 11.6. The van der Waals surface area contributed by atoms with Crippen LogP contribution in [0.1, 0.15) is 10.4 Å². The lowest BCUT2D eigenvalue weighted by molar-refractivity contribution is 0.102. The summed E-state index contributed by atoms with van der Waals surface area (Å²) in [4.78, 5) is 16.4. The maximum atomic E-state index is 12.1. The molecule has 21 heavy (non-hydrogen) atoms. The van der Waals surface area contributed by atoms with Gasteiger partial charge in [0.05, 0.1) is 17.3 Å². The van der Waals surface area contributed by atoms with E-state index in [0.29, 0.717) is 22.6 Å². The summed E-state index contributed by atoms with van der Waals surface area (Å²) >= 11 is 1.52. The van der Waals surface area contributed by atoms with E-state index < -0.39 is 0 Å². The summed E-state index contributed by atoms with van der Waals surface area (Å²) < 4.78 is 0. The third kappa shape index (κ3) is 2.68. The first-order valence-corrected chi connectivity index (χ1v) is 7.45. The number of hydrogen-bond donors (Lipinski definition) is 3. The van der Waals surface area contributed by atoms with Crippen molar-refractivity contribution in [3.8, 4) is 0 Å². The first-order chi connectivity index (χ1) is 10.2. The van der Waals surface area contributed by atoms with Gasteiger partial charge in [0, 0.05) is 11.3 Å². The van der Waals surface area contributed by atoms with E-state index in [4.69, 9.17) is 5.73 Å². The Bertz CT molecular complexity index is 797. The van der Waals surface area contributed by atoms with Crippen molar-refractivity contribution in [2.24, 2.45) is 0 Å². The fourth-order valence-corrected chi connectivity index (χ4v) is 2.45. The molecule has 0 radical (unpaired) electrons. The highest BCUT2D eigenvalue weighted by atomic mass is 32.2. The Labute approximate surface area is 125 Å². The lowest BCUT2D eigenvalue weighted by atomic mass is 10.2. The largest absolute Gasteiger partial charge is 0.399 e. The average Bonchev–Trinajstić information content (AvgIpc) is 2.90. The zero-order valence-electron chi connectivity index (χ0n) is 11.3. The van der Waals surface area contributed by atoms with Gasteiger partial charge < -0.3 is 11.1 Å². The van der Waals surface area contributed by atoms with E-state index in [-0.39, 0.29) is 5.91 Å². The molecule has 3 rings (SSSR count). The average molecular weight is 299 g/mol. The SMILES string of the molecule is CSc1n[nH]c2ncc(NC(=O)c3ccc(N)cc3)cc12. The second-order valence-electron chi connectivity index (χ2n) is 4.43. The number of fused-ring (bicyclic) bond motifs is 1. The van der Waals surface area contributed by atoms with Crippen molar-refractivity contribution in [2.75, 3.05) is 17.3 Å². The first kappa shape index (κ1) is 13.4. The van der Waals surface area contributed by atoms with Gasteiger partial charge >= 0.3 is 0 Å². The number of H-pyrrole nitrogens is 1. The molecule has 0 aliphatic carbocycles. The summed E-state index contributed by atoms with van der Waals surface area (Å²) in [7, 11) is 0. The number of rotatable bonds is 3. The fourth-order valence-electron chi connectivity index (χ4n) is 1.94. The van der Waals surface area contributed by atoms with Crippen molar-refractivity contribution in [1.82, 2.24) is 15.2 Å². The van der Waals surface area contributed by atoms with Crippen LogP contribution in [0.5, 0.6) is 0 Å². The molecule has 7 heteroatoms. The van der Waals surface area contributed by atoms with Crippen LogP contribution in [0.25, 0.3) is 11.0 Å². The molecule has 0 bridgehead atoms. The predicted molar refractivity (Wildman–Crippen MR) is 84.5 cm³/mol. The second-order valence-corrected chi connectivity index (χ2v) is 5.22. The molecule has 0 atom stereocenters. The summed E-state index contributed by atoms with van der Waals surface area (Å²) in [6, 6.07) is 8.60. The van der Waals surface area contributed by atoms with Crippen LogP contribution >= 0.6 is 11.8 Å². The molecule has 4 N–H and O–H groups in total. The quantitative estimate of drug-likeness (QED) is 0.510. The summed E-state index contributed by atoms with van der Waals surface area (Å²) in [6.07, 6.45) is 3.54. The number of nitrogen functional groups attached to an aromatic ring is 1. The molecule has 1 amide bonds. The Morgan fingerprint density at radius 1 is 1.33 bits per heavy atom. The number of aromatic amines is 1. The molecule has 0 saturated heterocycles. The fraction of sp³-hybridized carbons (Fsp3) is 0.0714. The van der Waals surface area contributed by atoms with E-state index in [1.54, 1.807) is 30.5 Å². The number of aromatic nitrogens is 3. The smallest absolute Gasteiger partial charge is 0.255 e. The Kier molecular flexibility index (Phi) is 3.49. The monoisotopic (exact) mass is 299 g/mol. The van der Waals surface area contributed by atoms with Gasteiger partial charge in [0.1, 0.15) is 5.03 Å². The van der Waals surface area contributed by atoms with Gasteiger partial charge in [0.25, 0.3) is 5.91 Å². The van der Waals surface area contributed by atoms with Crippen LogP contribution in [0.4, 0.5) is 11.4 Å². The van der Waals surface area contributed by atoms with Crippen LogP contribution in [0.3, 0.4) is 0 Å². The van der Waals surface area contributed by atoms with E-state index in [0.717, 1.165) is 10.4 Å². The van der Waals surface area contributed by atoms with Crippen molar-refractivity contribution in [3.63, 3.8) is 0 Å². The lowest BCUT2D eigenvalue weighted by Gasteiger charge is -2.05. The molecule has 2 aromatic heterocycles. The molecular formula is C14H13N5OS. The van der Waals surface area contributed by atoms with E-state index in [1.165, 1.54) is 11.8 Å². The van der Waals surface area contributed by atoms with E-state index in [2.05, 4.69) is 20.5 Å². The number of nitrogens with one attached hydrogen (secondary N) is 2. The topological polar surface area (TPSA) is 96.7 Å². The molecule has 0 saturated carbocycles. The van der Waals surface area contributed by atoms with Gasteiger partial charge in [-0.05, 0) is 36.6 Å². The molecule has 0 fully saturated rings. The maximum absolute atomic E-state index is 12.1. The van der Waals surface area contributed by atoms with Crippen LogP contribution in [-0.4, -0.2) is 27.3 Å². The van der Waals surface area contributed by atoms with Crippen molar-refractivity contribution < 1.29 is 4.79 Å². The number of benzene rings is 1. The molecular weight excluding hydrogens is 286 g/mol. The number of amides is 1. The Hall–Kier alpha value is -2.54.